The van der Waals surface area contributed by atoms with Gasteiger partial charge in [-0.15, -0.1) is 0 Å². The van der Waals surface area contributed by atoms with Gasteiger partial charge < -0.3 is 4.52 Å². The molecule has 0 radical (unpaired) electrons. The van der Waals surface area contributed by atoms with Crippen LogP contribution in [0.5, 0.6) is 0 Å². The molecule has 1 aromatic heterocycles. The third-order valence-electron chi connectivity index (χ3n) is 4.17. The first kappa shape index (κ1) is 19.7. The molecule has 2 heterocycles. The summed E-state index contributed by atoms with van der Waals surface area (Å²) in [6, 6.07) is 4.98. The molecular formula is C18H19F3N4O3. The molecule has 0 aliphatic carbocycles. The van der Waals surface area contributed by atoms with Crippen LogP contribution in [0.15, 0.2) is 34.9 Å². The number of rotatable bonds is 2. The zero-order valence-corrected chi connectivity index (χ0v) is 15.5. The molecule has 150 valence electrons. The van der Waals surface area contributed by atoms with Crippen molar-refractivity contribution in [1.29, 1.82) is 0 Å². The SMILES string of the molecule is CC(C)(C)c1cc(NC(=O)N2CCC(=O)N2c2ccc(C(F)(F)F)cc2)no1. The number of halogens is 3. The second-order valence-corrected chi connectivity index (χ2v) is 7.38. The minimum absolute atomic E-state index is 0.0561. The fourth-order valence-corrected chi connectivity index (χ4v) is 2.67. The van der Waals surface area contributed by atoms with Crippen molar-refractivity contribution in [3.05, 3.63) is 41.7 Å². The zero-order chi connectivity index (χ0) is 20.7. The van der Waals surface area contributed by atoms with Gasteiger partial charge in [0.1, 0.15) is 5.76 Å². The van der Waals surface area contributed by atoms with Gasteiger partial charge in [-0.2, -0.15) is 13.2 Å². The minimum atomic E-state index is -4.48. The van der Waals surface area contributed by atoms with Crippen molar-refractivity contribution < 1.29 is 27.3 Å². The van der Waals surface area contributed by atoms with Gasteiger partial charge in [0.25, 0.3) is 0 Å². The molecule has 1 aromatic carbocycles. The summed E-state index contributed by atoms with van der Waals surface area (Å²) in [4.78, 5) is 24.8. The number of hydrazine groups is 1. The number of aromatic nitrogens is 1. The average Bonchev–Trinajstić information content (AvgIpc) is 3.20. The van der Waals surface area contributed by atoms with Crippen molar-refractivity contribution in [2.45, 2.75) is 38.8 Å². The Kier molecular flexibility index (Phi) is 4.82. The van der Waals surface area contributed by atoms with E-state index in [2.05, 4.69) is 10.5 Å². The summed E-state index contributed by atoms with van der Waals surface area (Å²) >= 11 is 0. The van der Waals surface area contributed by atoms with Gasteiger partial charge in [-0.25, -0.2) is 14.8 Å². The quantitative estimate of drug-likeness (QED) is 0.826. The van der Waals surface area contributed by atoms with Crippen LogP contribution < -0.4 is 10.3 Å². The van der Waals surface area contributed by atoms with E-state index in [1.165, 1.54) is 0 Å². The smallest absolute Gasteiger partial charge is 0.359 e. The molecule has 1 N–H and O–H groups in total. The summed E-state index contributed by atoms with van der Waals surface area (Å²) < 4.78 is 43.4. The van der Waals surface area contributed by atoms with Crippen molar-refractivity contribution in [2.24, 2.45) is 0 Å². The summed E-state index contributed by atoms with van der Waals surface area (Å²) in [5.74, 6) is 0.354. The Hall–Kier alpha value is -3.04. The van der Waals surface area contributed by atoms with E-state index in [9.17, 15) is 22.8 Å². The number of nitrogens with one attached hydrogen (secondary N) is 1. The zero-order valence-electron chi connectivity index (χ0n) is 15.5. The van der Waals surface area contributed by atoms with Crippen molar-refractivity contribution in [2.75, 3.05) is 16.9 Å². The Labute approximate surface area is 159 Å². The van der Waals surface area contributed by atoms with Crippen molar-refractivity contribution in [3.63, 3.8) is 0 Å². The lowest BCUT2D eigenvalue weighted by atomic mass is 9.93. The maximum Gasteiger partial charge on any atom is 0.416 e. The maximum absolute atomic E-state index is 12.7. The first-order chi connectivity index (χ1) is 13.0. The van der Waals surface area contributed by atoms with Crippen LogP contribution in [-0.2, 0) is 16.4 Å². The normalized spacial score (nSPS) is 15.3. The molecule has 1 saturated heterocycles. The van der Waals surface area contributed by atoms with Crippen LogP contribution in [0.1, 0.15) is 38.5 Å². The molecule has 1 aliphatic heterocycles. The molecule has 0 spiro atoms. The van der Waals surface area contributed by atoms with Gasteiger partial charge >= 0.3 is 12.2 Å². The van der Waals surface area contributed by atoms with E-state index in [4.69, 9.17) is 4.52 Å². The molecule has 10 heteroatoms. The van der Waals surface area contributed by atoms with Gasteiger partial charge in [0.2, 0.25) is 5.91 Å². The molecule has 3 rings (SSSR count). The standard InChI is InChI=1S/C18H19F3N4O3/c1-17(2,3)13-10-14(23-28-13)22-16(27)24-9-8-15(26)25(24)12-6-4-11(5-7-12)18(19,20)21/h4-7,10H,8-9H2,1-3H3,(H,22,23,27). The molecule has 2 aromatic rings. The average molecular weight is 396 g/mol. The lowest BCUT2D eigenvalue weighted by molar-refractivity contribution is -0.137. The first-order valence-corrected chi connectivity index (χ1v) is 8.52. The number of nitrogens with zero attached hydrogens (tertiary/aromatic N) is 3. The van der Waals surface area contributed by atoms with Crippen LogP contribution in [-0.4, -0.2) is 28.6 Å². The predicted octanol–water partition coefficient (Wildman–Crippen LogP) is 4.18. The van der Waals surface area contributed by atoms with Crippen molar-refractivity contribution >= 4 is 23.4 Å². The van der Waals surface area contributed by atoms with E-state index in [0.29, 0.717) is 5.76 Å². The molecule has 0 bridgehead atoms. The first-order valence-electron chi connectivity index (χ1n) is 8.52. The Morgan fingerprint density at radius 2 is 1.82 bits per heavy atom. The van der Waals surface area contributed by atoms with E-state index in [0.717, 1.165) is 34.3 Å². The number of anilines is 2. The molecule has 0 atom stereocenters. The number of carbonyl (C=O) groups is 2. The molecule has 3 amide bonds. The van der Waals surface area contributed by atoms with Gasteiger partial charge in [0.05, 0.1) is 17.8 Å². The molecular weight excluding hydrogens is 377 g/mol. The van der Waals surface area contributed by atoms with E-state index >= 15 is 0 Å². The number of hydrogen-bond acceptors (Lipinski definition) is 4. The molecule has 0 saturated carbocycles. The minimum Gasteiger partial charge on any atom is -0.359 e. The Morgan fingerprint density at radius 1 is 1.18 bits per heavy atom. The summed E-state index contributed by atoms with van der Waals surface area (Å²) in [6.07, 6.45) is -4.43. The maximum atomic E-state index is 12.7. The van der Waals surface area contributed by atoms with E-state index in [1.54, 1.807) is 6.07 Å². The van der Waals surface area contributed by atoms with Gasteiger partial charge in [-0.3, -0.25) is 10.1 Å². The van der Waals surface area contributed by atoms with Crippen LogP contribution in [0.3, 0.4) is 0 Å². The monoisotopic (exact) mass is 396 g/mol. The topological polar surface area (TPSA) is 78.7 Å². The van der Waals surface area contributed by atoms with E-state index in [-0.39, 0.29) is 29.9 Å². The third kappa shape index (κ3) is 3.95. The second kappa shape index (κ2) is 6.84. The largest absolute Gasteiger partial charge is 0.416 e. The van der Waals surface area contributed by atoms with Gasteiger partial charge in [0.15, 0.2) is 5.82 Å². The van der Waals surface area contributed by atoms with Gasteiger partial charge in [-0.05, 0) is 24.3 Å². The Bertz CT molecular complexity index is 885. The molecule has 7 nitrogen and oxygen atoms in total. The van der Waals surface area contributed by atoms with E-state index < -0.39 is 23.7 Å². The van der Waals surface area contributed by atoms with Crippen molar-refractivity contribution in [3.8, 4) is 0 Å². The lowest BCUT2D eigenvalue weighted by Gasteiger charge is -2.27. The number of amides is 3. The number of hydrogen-bond donors (Lipinski definition) is 1. The van der Waals surface area contributed by atoms with Crippen LogP contribution in [0, 0.1) is 0 Å². The fraction of sp³-hybridized carbons (Fsp3) is 0.389. The summed E-state index contributed by atoms with van der Waals surface area (Å²) in [5, 5.41) is 8.51. The summed E-state index contributed by atoms with van der Waals surface area (Å²) in [7, 11) is 0. The summed E-state index contributed by atoms with van der Waals surface area (Å²) in [6.45, 7) is 5.86. The van der Waals surface area contributed by atoms with Gasteiger partial charge in [-0.1, -0.05) is 25.9 Å². The van der Waals surface area contributed by atoms with E-state index in [1.807, 2.05) is 20.8 Å². The van der Waals surface area contributed by atoms with Crippen LogP contribution in [0.25, 0.3) is 0 Å². The third-order valence-corrected chi connectivity index (χ3v) is 4.17. The molecule has 1 fully saturated rings. The fourth-order valence-electron chi connectivity index (χ4n) is 2.67. The van der Waals surface area contributed by atoms with Gasteiger partial charge in [0, 0.05) is 17.9 Å². The molecule has 28 heavy (non-hydrogen) atoms. The van der Waals surface area contributed by atoms with Crippen LogP contribution >= 0.6 is 0 Å². The molecule has 0 unspecified atom stereocenters. The summed E-state index contributed by atoms with van der Waals surface area (Å²) in [5.41, 5.74) is -0.969. The predicted molar refractivity (Wildman–Crippen MR) is 94.5 cm³/mol. The van der Waals surface area contributed by atoms with Crippen LogP contribution in [0.4, 0.5) is 29.5 Å². The second-order valence-electron chi connectivity index (χ2n) is 7.38. The lowest BCUT2D eigenvalue weighted by Crippen LogP contribution is -2.45. The highest BCUT2D eigenvalue weighted by Gasteiger charge is 2.36. The highest BCUT2D eigenvalue weighted by molar-refractivity contribution is 6.01. The number of carbonyl (C=O) groups excluding carboxylic acids is 2. The Morgan fingerprint density at radius 3 is 2.36 bits per heavy atom. The van der Waals surface area contributed by atoms with Crippen LogP contribution in [0.2, 0.25) is 0 Å². The van der Waals surface area contributed by atoms with Crippen molar-refractivity contribution in [1.82, 2.24) is 10.2 Å². The Balaban J connectivity index is 1.78. The highest BCUT2D eigenvalue weighted by Crippen LogP contribution is 2.32. The number of alkyl halides is 3. The highest BCUT2D eigenvalue weighted by atomic mass is 19.4. The number of benzene rings is 1. The molecule has 1 aliphatic rings. The number of urea groups is 1.